The summed E-state index contributed by atoms with van der Waals surface area (Å²) in [6, 6.07) is 9.24. The molecule has 0 heterocycles. The summed E-state index contributed by atoms with van der Waals surface area (Å²) >= 11 is 11.8. The third kappa shape index (κ3) is 6.82. The van der Waals surface area contributed by atoms with Crippen molar-refractivity contribution in [2.75, 3.05) is 23.7 Å². The Balaban J connectivity index is 2.40. The molecule has 0 saturated carbocycles. The van der Waals surface area contributed by atoms with Gasteiger partial charge in [0.1, 0.15) is 18.4 Å². The lowest BCUT2D eigenvalue weighted by molar-refractivity contribution is -0.139. The number of nitrogens with one attached hydrogen (secondary N) is 1. The second kappa shape index (κ2) is 11.0. The number of hydrogen-bond donors (Lipinski definition) is 1. The Bertz CT molecular complexity index is 1100. The van der Waals surface area contributed by atoms with Gasteiger partial charge in [0.15, 0.2) is 0 Å². The molecule has 0 aliphatic heterocycles. The number of likely N-dealkylation sites (N-methyl/N-ethyl adjacent to an activating group) is 1. The molecule has 0 fully saturated rings. The van der Waals surface area contributed by atoms with Gasteiger partial charge in [0, 0.05) is 18.1 Å². The molecule has 11 heteroatoms. The number of carbonyl (C=O) groups is 2. The van der Waals surface area contributed by atoms with Gasteiger partial charge in [-0.3, -0.25) is 13.9 Å². The van der Waals surface area contributed by atoms with Crippen LogP contribution in [0.4, 0.5) is 10.1 Å². The maximum Gasteiger partial charge on any atom is 0.244 e. The van der Waals surface area contributed by atoms with Gasteiger partial charge in [-0.25, -0.2) is 12.8 Å². The summed E-state index contributed by atoms with van der Waals surface area (Å²) in [6.45, 7) is 3.08. The molecule has 2 amide bonds. The predicted molar refractivity (Wildman–Crippen MR) is 124 cm³/mol. The maximum atomic E-state index is 13.6. The van der Waals surface area contributed by atoms with Gasteiger partial charge in [-0.2, -0.15) is 0 Å². The summed E-state index contributed by atoms with van der Waals surface area (Å²) in [5.74, 6) is -1.74. The van der Waals surface area contributed by atoms with Crippen molar-refractivity contribution in [1.82, 2.24) is 10.2 Å². The Labute approximate surface area is 197 Å². The maximum absolute atomic E-state index is 13.6. The van der Waals surface area contributed by atoms with Crippen molar-refractivity contribution in [3.63, 3.8) is 0 Å². The molecule has 1 N–H and O–H groups in total. The van der Waals surface area contributed by atoms with Crippen LogP contribution in [-0.4, -0.2) is 50.5 Å². The van der Waals surface area contributed by atoms with Crippen LogP contribution in [0.5, 0.6) is 0 Å². The van der Waals surface area contributed by atoms with E-state index in [1.807, 2.05) is 0 Å². The second-order valence-electron chi connectivity index (χ2n) is 7.09. The molecule has 1 atom stereocenters. The Morgan fingerprint density at radius 3 is 2.41 bits per heavy atom. The topological polar surface area (TPSA) is 86.8 Å². The zero-order chi connectivity index (χ0) is 24.1. The highest BCUT2D eigenvalue weighted by Gasteiger charge is 2.30. The van der Waals surface area contributed by atoms with Crippen molar-refractivity contribution in [3.8, 4) is 0 Å². The smallest absolute Gasteiger partial charge is 0.244 e. The van der Waals surface area contributed by atoms with Crippen molar-refractivity contribution in [3.05, 3.63) is 63.9 Å². The van der Waals surface area contributed by atoms with E-state index in [0.29, 0.717) is 17.1 Å². The summed E-state index contributed by atoms with van der Waals surface area (Å²) in [7, 11) is -3.93. The highest BCUT2D eigenvalue weighted by atomic mass is 35.5. The predicted octanol–water partition coefficient (Wildman–Crippen LogP) is 3.45. The normalized spacial score (nSPS) is 12.2. The van der Waals surface area contributed by atoms with Crippen molar-refractivity contribution < 1.29 is 22.4 Å². The fraction of sp³-hybridized carbons (Fsp3) is 0.333. The lowest BCUT2D eigenvalue weighted by Gasteiger charge is -2.31. The number of hydrogen-bond acceptors (Lipinski definition) is 4. The minimum atomic E-state index is -3.93. The minimum Gasteiger partial charge on any atom is -0.355 e. The first-order valence-electron chi connectivity index (χ1n) is 9.68. The molecule has 0 aromatic heterocycles. The van der Waals surface area contributed by atoms with Gasteiger partial charge in [-0.15, -0.1) is 0 Å². The molecule has 2 rings (SSSR count). The first-order chi connectivity index (χ1) is 14.9. The number of anilines is 1. The van der Waals surface area contributed by atoms with E-state index in [1.54, 1.807) is 38.1 Å². The van der Waals surface area contributed by atoms with E-state index in [1.165, 1.54) is 11.0 Å². The Morgan fingerprint density at radius 1 is 1.16 bits per heavy atom. The molecule has 2 aromatic carbocycles. The second-order valence-corrected chi connectivity index (χ2v) is 9.84. The van der Waals surface area contributed by atoms with Crippen LogP contribution in [0.3, 0.4) is 0 Å². The summed E-state index contributed by atoms with van der Waals surface area (Å²) in [5, 5.41) is 2.83. The van der Waals surface area contributed by atoms with Crippen LogP contribution in [0.1, 0.15) is 19.4 Å². The minimum absolute atomic E-state index is 0.0273. The van der Waals surface area contributed by atoms with Gasteiger partial charge in [0.25, 0.3) is 0 Å². The molecule has 0 aliphatic rings. The molecule has 0 aliphatic carbocycles. The Kier molecular flexibility index (Phi) is 8.89. The van der Waals surface area contributed by atoms with E-state index < -0.39 is 40.2 Å². The van der Waals surface area contributed by atoms with Crippen LogP contribution in [0, 0.1) is 5.82 Å². The summed E-state index contributed by atoms with van der Waals surface area (Å²) < 4.78 is 39.2. The Morgan fingerprint density at radius 2 is 1.84 bits per heavy atom. The molecule has 174 valence electrons. The van der Waals surface area contributed by atoms with Gasteiger partial charge in [-0.1, -0.05) is 35.3 Å². The standard InChI is InChI=1S/C21H24Cl2FN3O4S/c1-4-25-21(29)14(2)26(12-15-6-5-7-16(22)10-15)20(28)13-27(32(3,30)31)17-8-9-19(24)18(23)11-17/h5-11,14H,4,12-13H2,1-3H3,(H,25,29)/t14-/m0/s1. The van der Waals surface area contributed by atoms with Gasteiger partial charge in [0.2, 0.25) is 21.8 Å². The molecule has 0 unspecified atom stereocenters. The van der Waals surface area contributed by atoms with Crippen molar-refractivity contribution >= 4 is 50.7 Å². The zero-order valence-corrected chi connectivity index (χ0v) is 20.1. The monoisotopic (exact) mass is 503 g/mol. The molecule has 0 spiro atoms. The van der Waals surface area contributed by atoms with Crippen molar-refractivity contribution in [2.24, 2.45) is 0 Å². The van der Waals surface area contributed by atoms with Crippen molar-refractivity contribution in [1.29, 1.82) is 0 Å². The van der Waals surface area contributed by atoms with E-state index in [2.05, 4.69) is 5.32 Å². The first-order valence-corrected chi connectivity index (χ1v) is 12.3. The van der Waals surface area contributed by atoms with Gasteiger partial charge < -0.3 is 10.2 Å². The number of sulfonamides is 1. The number of rotatable bonds is 9. The first kappa shape index (κ1) is 25.9. The molecule has 2 aromatic rings. The van der Waals surface area contributed by atoms with E-state index in [0.717, 1.165) is 22.7 Å². The van der Waals surface area contributed by atoms with Crippen LogP contribution in [0.25, 0.3) is 0 Å². The fourth-order valence-electron chi connectivity index (χ4n) is 2.99. The van der Waals surface area contributed by atoms with Crippen LogP contribution < -0.4 is 9.62 Å². The van der Waals surface area contributed by atoms with Crippen LogP contribution in [0.15, 0.2) is 42.5 Å². The summed E-state index contributed by atoms with van der Waals surface area (Å²) in [5.41, 5.74) is 0.693. The third-order valence-electron chi connectivity index (χ3n) is 4.63. The van der Waals surface area contributed by atoms with E-state index >= 15 is 0 Å². The fourth-order valence-corrected chi connectivity index (χ4v) is 4.22. The average molecular weight is 504 g/mol. The zero-order valence-electron chi connectivity index (χ0n) is 17.8. The molecule has 0 saturated heterocycles. The molecule has 0 radical (unpaired) electrons. The molecular weight excluding hydrogens is 480 g/mol. The van der Waals surface area contributed by atoms with Gasteiger partial charge in [0.05, 0.1) is 17.0 Å². The van der Waals surface area contributed by atoms with E-state index in [4.69, 9.17) is 23.2 Å². The number of carbonyl (C=O) groups excluding carboxylic acids is 2. The highest BCUT2D eigenvalue weighted by Crippen LogP contribution is 2.25. The van der Waals surface area contributed by atoms with E-state index in [9.17, 15) is 22.4 Å². The molecule has 7 nitrogen and oxygen atoms in total. The molecular formula is C21H24Cl2FN3O4S. The number of nitrogens with zero attached hydrogens (tertiary/aromatic N) is 2. The lowest BCUT2D eigenvalue weighted by atomic mass is 10.1. The summed E-state index contributed by atoms with van der Waals surface area (Å²) in [4.78, 5) is 27.0. The largest absolute Gasteiger partial charge is 0.355 e. The molecule has 32 heavy (non-hydrogen) atoms. The van der Waals surface area contributed by atoms with Crippen LogP contribution in [-0.2, 0) is 26.2 Å². The van der Waals surface area contributed by atoms with Crippen molar-refractivity contribution in [2.45, 2.75) is 26.4 Å². The highest BCUT2D eigenvalue weighted by molar-refractivity contribution is 7.92. The lowest BCUT2D eigenvalue weighted by Crippen LogP contribution is -2.51. The van der Waals surface area contributed by atoms with Gasteiger partial charge in [-0.05, 0) is 49.7 Å². The molecule has 0 bridgehead atoms. The Hall–Kier alpha value is -2.36. The van der Waals surface area contributed by atoms with Crippen LogP contribution >= 0.6 is 23.2 Å². The van der Waals surface area contributed by atoms with Gasteiger partial charge >= 0.3 is 0 Å². The number of amides is 2. The van der Waals surface area contributed by atoms with E-state index in [-0.39, 0.29) is 17.3 Å². The quantitative estimate of drug-likeness (QED) is 0.567. The number of benzene rings is 2. The average Bonchev–Trinajstić information content (AvgIpc) is 2.71. The number of halogens is 3. The summed E-state index contributed by atoms with van der Waals surface area (Å²) in [6.07, 6.45) is 0.923. The van der Waals surface area contributed by atoms with Crippen LogP contribution in [0.2, 0.25) is 10.0 Å². The SMILES string of the molecule is CCNC(=O)[C@H](C)N(Cc1cccc(Cl)c1)C(=O)CN(c1ccc(F)c(Cl)c1)S(C)(=O)=O. The third-order valence-corrected chi connectivity index (χ3v) is 6.30.